The standard InChI is InChI=1S/C11H17NO/c1-4-12(5-2)10-8-6-7-9(3)11(10)13/h6-8,13H,4-5H2,1-3H3. The molecule has 0 fully saturated rings. The fourth-order valence-electron chi connectivity index (χ4n) is 1.46. The molecule has 1 aromatic rings. The molecule has 0 saturated heterocycles. The van der Waals surface area contributed by atoms with Crippen LogP contribution in [0, 0.1) is 6.92 Å². The summed E-state index contributed by atoms with van der Waals surface area (Å²) in [5.74, 6) is 0.409. The molecule has 72 valence electrons. The van der Waals surface area contributed by atoms with E-state index in [1.807, 2.05) is 25.1 Å². The average Bonchev–Trinajstić information content (AvgIpc) is 2.14. The number of nitrogens with zero attached hydrogens (tertiary/aromatic N) is 1. The normalized spacial score (nSPS) is 10.1. The summed E-state index contributed by atoms with van der Waals surface area (Å²) in [6.45, 7) is 7.94. The van der Waals surface area contributed by atoms with E-state index in [0.717, 1.165) is 24.3 Å². The molecule has 0 aliphatic carbocycles. The van der Waals surface area contributed by atoms with Crippen molar-refractivity contribution in [3.63, 3.8) is 0 Å². The highest BCUT2D eigenvalue weighted by Gasteiger charge is 2.08. The van der Waals surface area contributed by atoms with Crippen LogP contribution in [0.15, 0.2) is 18.2 Å². The minimum Gasteiger partial charge on any atom is -0.505 e. The molecule has 1 rings (SSSR count). The number of phenols is 1. The van der Waals surface area contributed by atoms with E-state index in [9.17, 15) is 5.11 Å². The first-order valence-electron chi connectivity index (χ1n) is 4.74. The first-order valence-corrected chi connectivity index (χ1v) is 4.74. The van der Waals surface area contributed by atoms with Crippen LogP contribution < -0.4 is 4.90 Å². The molecule has 1 N–H and O–H groups in total. The molecule has 2 nitrogen and oxygen atoms in total. The fraction of sp³-hybridized carbons (Fsp3) is 0.455. The number of aromatic hydroxyl groups is 1. The monoisotopic (exact) mass is 179 g/mol. The van der Waals surface area contributed by atoms with Crippen LogP contribution in [0.4, 0.5) is 5.69 Å². The number of rotatable bonds is 3. The predicted octanol–water partition coefficient (Wildman–Crippen LogP) is 2.55. The molecular weight excluding hydrogens is 162 g/mol. The van der Waals surface area contributed by atoms with Gasteiger partial charge in [0.2, 0.25) is 0 Å². The van der Waals surface area contributed by atoms with Crippen molar-refractivity contribution in [1.29, 1.82) is 0 Å². The predicted molar refractivity (Wildman–Crippen MR) is 56.4 cm³/mol. The Balaban J connectivity index is 3.05. The Morgan fingerprint density at radius 2 is 1.85 bits per heavy atom. The van der Waals surface area contributed by atoms with Gasteiger partial charge in [-0.1, -0.05) is 12.1 Å². The molecule has 2 heteroatoms. The maximum Gasteiger partial charge on any atom is 0.141 e. The summed E-state index contributed by atoms with van der Waals surface area (Å²) in [4.78, 5) is 2.14. The van der Waals surface area contributed by atoms with E-state index in [4.69, 9.17) is 0 Å². The Labute approximate surface area is 79.8 Å². The number of benzene rings is 1. The molecule has 0 heterocycles. The van der Waals surface area contributed by atoms with E-state index in [0.29, 0.717) is 5.75 Å². The number of hydrogen-bond donors (Lipinski definition) is 1. The van der Waals surface area contributed by atoms with Gasteiger partial charge in [0.05, 0.1) is 5.69 Å². The van der Waals surface area contributed by atoms with Gasteiger partial charge in [0.1, 0.15) is 5.75 Å². The molecule has 13 heavy (non-hydrogen) atoms. The Kier molecular flexibility index (Phi) is 3.18. The summed E-state index contributed by atoms with van der Waals surface area (Å²) in [5.41, 5.74) is 1.87. The molecule has 0 aromatic heterocycles. The second-order valence-corrected chi connectivity index (χ2v) is 3.11. The summed E-state index contributed by atoms with van der Waals surface area (Å²) >= 11 is 0. The SMILES string of the molecule is CCN(CC)c1cccc(C)c1O. The van der Waals surface area contributed by atoms with Crippen LogP contribution in [0.25, 0.3) is 0 Å². The zero-order valence-corrected chi connectivity index (χ0v) is 8.54. The topological polar surface area (TPSA) is 23.5 Å². The summed E-state index contributed by atoms with van der Waals surface area (Å²) in [6, 6.07) is 5.85. The van der Waals surface area contributed by atoms with E-state index in [1.165, 1.54) is 0 Å². The molecule has 0 spiro atoms. The molecule has 0 bridgehead atoms. The molecule has 0 radical (unpaired) electrons. The van der Waals surface area contributed by atoms with Crippen molar-refractivity contribution >= 4 is 5.69 Å². The Morgan fingerprint density at radius 1 is 1.23 bits per heavy atom. The third-order valence-corrected chi connectivity index (χ3v) is 2.32. The highest BCUT2D eigenvalue weighted by molar-refractivity contribution is 5.60. The average molecular weight is 179 g/mol. The van der Waals surface area contributed by atoms with Crippen molar-refractivity contribution in [2.75, 3.05) is 18.0 Å². The number of anilines is 1. The van der Waals surface area contributed by atoms with Gasteiger partial charge in [0.15, 0.2) is 0 Å². The largest absolute Gasteiger partial charge is 0.505 e. The number of phenolic OH excluding ortho intramolecular Hbond substituents is 1. The van der Waals surface area contributed by atoms with Gasteiger partial charge >= 0.3 is 0 Å². The van der Waals surface area contributed by atoms with E-state index in [2.05, 4.69) is 18.7 Å². The van der Waals surface area contributed by atoms with Gasteiger partial charge in [-0.2, -0.15) is 0 Å². The van der Waals surface area contributed by atoms with Crippen LogP contribution in [0.3, 0.4) is 0 Å². The Bertz CT molecular complexity index is 279. The van der Waals surface area contributed by atoms with Crippen molar-refractivity contribution in [2.45, 2.75) is 20.8 Å². The summed E-state index contributed by atoms with van der Waals surface area (Å²) < 4.78 is 0. The molecular formula is C11H17NO. The highest BCUT2D eigenvalue weighted by atomic mass is 16.3. The number of hydrogen-bond acceptors (Lipinski definition) is 2. The van der Waals surface area contributed by atoms with Gasteiger partial charge < -0.3 is 10.0 Å². The van der Waals surface area contributed by atoms with Crippen LogP contribution in [-0.2, 0) is 0 Å². The molecule has 0 aliphatic rings. The number of aryl methyl sites for hydroxylation is 1. The van der Waals surface area contributed by atoms with E-state index in [1.54, 1.807) is 0 Å². The van der Waals surface area contributed by atoms with Crippen LogP contribution >= 0.6 is 0 Å². The van der Waals surface area contributed by atoms with Crippen molar-refractivity contribution in [1.82, 2.24) is 0 Å². The Morgan fingerprint density at radius 3 is 2.38 bits per heavy atom. The maximum atomic E-state index is 9.79. The van der Waals surface area contributed by atoms with Crippen molar-refractivity contribution in [3.05, 3.63) is 23.8 Å². The van der Waals surface area contributed by atoms with Crippen molar-refractivity contribution in [3.8, 4) is 5.75 Å². The fourth-order valence-corrected chi connectivity index (χ4v) is 1.46. The summed E-state index contributed by atoms with van der Waals surface area (Å²) in [5, 5.41) is 9.79. The summed E-state index contributed by atoms with van der Waals surface area (Å²) in [6.07, 6.45) is 0. The quantitative estimate of drug-likeness (QED) is 0.770. The lowest BCUT2D eigenvalue weighted by Gasteiger charge is -2.22. The van der Waals surface area contributed by atoms with Gasteiger partial charge in [-0.05, 0) is 32.4 Å². The minimum atomic E-state index is 0.409. The third-order valence-electron chi connectivity index (χ3n) is 2.32. The molecule has 0 amide bonds. The molecule has 0 saturated carbocycles. The van der Waals surface area contributed by atoms with Crippen molar-refractivity contribution < 1.29 is 5.11 Å². The van der Waals surface area contributed by atoms with Crippen molar-refractivity contribution in [2.24, 2.45) is 0 Å². The minimum absolute atomic E-state index is 0.409. The van der Waals surface area contributed by atoms with Gasteiger partial charge in [-0.3, -0.25) is 0 Å². The highest BCUT2D eigenvalue weighted by Crippen LogP contribution is 2.29. The van der Waals surface area contributed by atoms with Crippen LogP contribution in [-0.4, -0.2) is 18.2 Å². The first kappa shape index (κ1) is 9.90. The zero-order chi connectivity index (χ0) is 9.84. The lowest BCUT2D eigenvalue weighted by Crippen LogP contribution is -2.21. The smallest absolute Gasteiger partial charge is 0.141 e. The maximum absolute atomic E-state index is 9.79. The van der Waals surface area contributed by atoms with E-state index in [-0.39, 0.29) is 0 Å². The van der Waals surface area contributed by atoms with Crippen LogP contribution in [0.5, 0.6) is 5.75 Å². The van der Waals surface area contributed by atoms with Crippen LogP contribution in [0.1, 0.15) is 19.4 Å². The third kappa shape index (κ3) is 1.94. The van der Waals surface area contributed by atoms with Crippen LogP contribution in [0.2, 0.25) is 0 Å². The second-order valence-electron chi connectivity index (χ2n) is 3.11. The molecule has 1 aromatic carbocycles. The lowest BCUT2D eigenvalue weighted by atomic mass is 10.2. The summed E-state index contributed by atoms with van der Waals surface area (Å²) in [7, 11) is 0. The Hall–Kier alpha value is -1.18. The number of para-hydroxylation sites is 1. The van der Waals surface area contributed by atoms with Gasteiger partial charge in [0.25, 0.3) is 0 Å². The zero-order valence-electron chi connectivity index (χ0n) is 8.54. The lowest BCUT2D eigenvalue weighted by molar-refractivity contribution is 0.470. The van der Waals surface area contributed by atoms with E-state index >= 15 is 0 Å². The van der Waals surface area contributed by atoms with Gasteiger partial charge in [-0.25, -0.2) is 0 Å². The first-order chi connectivity index (χ1) is 6.20. The molecule has 0 atom stereocenters. The van der Waals surface area contributed by atoms with Gasteiger partial charge in [-0.15, -0.1) is 0 Å². The molecule has 0 unspecified atom stereocenters. The second kappa shape index (κ2) is 4.17. The van der Waals surface area contributed by atoms with Gasteiger partial charge in [0, 0.05) is 13.1 Å². The van der Waals surface area contributed by atoms with E-state index < -0.39 is 0 Å². The molecule has 0 aliphatic heterocycles.